The van der Waals surface area contributed by atoms with Crippen molar-refractivity contribution in [3.05, 3.63) is 18.0 Å². The second-order valence-electron chi connectivity index (χ2n) is 3.11. The average molecular weight is 233 g/mol. The van der Waals surface area contributed by atoms with Crippen LogP contribution >= 0.6 is 23.4 Å². The number of thioether (sulfide) groups is 1. The van der Waals surface area contributed by atoms with Crippen molar-refractivity contribution < 1.29 is 0 Å². The van der Waals surface area contributed by atoms with Gasteiger partial charge in [0.1, 0.15) is 0 Å². The lowest BCUT2D eigenvalue weighted by molar-refractivity contribution is 0.665. The monoisotopic (exact) mass is 232 g/mol. The quantitative estimate of drug-likeness (QED) is 0.553. The van der Waals surface area contributed by atoms with Gasteiger partial charge in [-0.15, -0.1) is 11.6 Å². The molecule has 1 aromatic heterocycles. The van der Waals surface area contributed by atoms with Crippen molar-refractivity contribution in [1.29, 1.82) is 0 Å². The highest BCUT2D eigenvalue weighted by Crippen LogP contribution is 2.22. The van der Waals surface area contributed by atoms with E-state index in [1.54, 1.807) is 0 Å². The summed E-state index contributed by atoms with van der Waals surface area (Å²) in [6.07, 6.45) is 4.88. The van der Waals surface area contributed by atoms with Crippen molar-refractivity contribution in [2.75, 3.05) is 11.5 Å². The zero-order valence-electron chi connectivity index (χ0n) is 8.74. The summed E-state index contributed by atoms with van der Waals surface area (Å²) in [5.41, 5.74) is 1.13. The third kappa shape index (κ3) is 3.54. The molecule has 14 heavy (non-hydrogen) atoms. The number of rotatable bonds is 6. The predicted molar refractivity (Wildman–Crippen MR) is 64.1 cm³/mol. The van der Waals surface area contributed by atoms with Gasteiger partial charge in [-0.05, 0) is 12.2 Å². The van der Waals surface area contributed by atoms with Crippen LogP contribution in [0.3, 0.4) is 0 Å². The zero-order chi connectivity index (χ0) is 10.4. The fraction of sp³-hybridized carbons (Fsp3) is 0.700. The molecule has 0 bridgehead atoms. The van der Waals surface area contributed by atoms with Crippen LogP contribution in [0.4, 0.5) is 0 Å². The van der Waals surface area contributed by atoms with Crippen molar-refractivity contribution in [2.24, 2.45) is 0 Å². The summed E-state index contributed by atoms with van der Waals surface area (Å²) >= 11 is 8.04. The summed E-state index contributed by atoms with van der Waals surface area (Å²) in [5.74, 6) is 2.29. The van der Waals surface area contributed by atoms with E-state index in [2.05, 4.69) is 25.1 Å². The number of hydrogen-bond acceptors (Lipinski definition) is 2. The van der Waals surface area contributed by atoms with Crippen LogP contribution in [0.5, 0.6) is 0 Å². The van der Waals surface area contributed by atoms with Gasteiger partial charge in [0, 0.05) is 24.1 Å². The van der Waals surface area contributed by atoms with E-state index in [0.29, 0.717) is 0 Å². The summed E-state index contributed by atoms with van der Waals surface area (Å²) in [5, 5.41) is 4.39. The Hall–Kier alpha value is -0.150. The van der Waals surface area contributed by atoms with E-state index in [1.165, 1.54) is 5.75 Å². The minimum absolute atomic E-state index is 0.113. The summed E-state index contributed by atoms with van der Waals surface area (Å²) in [6, 6.07) is 0. The minimum Gasteiger partial charge on any atom is -0.272 e. The molecule has 0 aliphatic rings. The molecule has 1 aromatic rings. The largest absolute Gasteiger partial charge is 0.272 e. The Bertz CT molecular complexity index is 262. The molecule has 1 heterocycles. The van der Waals surface area contributed by atoms with Crippen molar-refractivity contribution in [2.45, 2.75) is 32.2 Å². The summed E-state index contributed by atoms with van der Waals surface area (Å²) in [4.78, 5) is 0. The lowest BCUT2D eigenvalue weighted by Crippen LogP contribution is -2.00. The van der Waals surface area contributed by atoms with Gasteiger partial charge >= 0.3 is 0 Å². The van der Waals surface area contributed by atoms with Gasteiger partial charge in [0.2, 0.25) is 0 Å². The minimum atomic E-state index is 0.113. The van der Waals surface area contributed by atoms with Gasteiger partial charge in [-0.2, -0.15) is 16.9 Å². The molecule has 1 rings (SSSR count). The highest BCUT2D eigenvalue weighted by atomic mass is 35.5. The SMILES string of the molecule is CCSCCn1cc(C(Cl)CC)cn1. The Balaban J connectivity index is 2.42. The number of alkyl halides is 1. The van der Waals surface area contributed by atoms with E-state index in [-0.39, 0.29) is 5.38 Å². The molecular weight excluding hydrogens is 216 g/mol. The third-order valence-corrected chi connectivity index (χ3v) is 3.48. The lowest BCUT2D eigenvalue weighted by Gasteiger charge is -2.01. The van der Waals surface area contributed by atoms with E-state index in [0.717, 1.165) is 24.3 Å². The first-order valence-electron chi connectivity index (χ1n) is 5.02. The van der Waals surface area contributed by atoms with E-state index < -0.39 is 0 Å². The summed E-state index contributed by atoms with van der Waals surface area (Å²) in [6.45, 7) is 5.23. The predicted octanol–water partition coefficient (Wildman–Crippen LogP) is 3.33. The van der Waals surface area contributed by atoms with Gasteiger partial charge in [0.15, 0.2) is 0 Å². The van der Waals surface area contributed by atoms with Crippen LogP contribution in [0, 0.1) is 0 Å². The van der Waals surface area contributed by atoms with E-state index >= 15 is 0 Å². The average Bonchev–Trinajstić information content (AvgIpc) is 2.66. The zero-order valence-corrected chi connectivity index (χ0v) is 10.3. The fourth-order valence-corrected chi connectivity index (χ4v) is 1.92. The second kappa shape index (κ2) is 6.36. The van der Waals surface area contributed by atoms with Crippen LogP contribution in [0.15, 0.2) is 12.4 Å². The van der Waals surface area contributed by atoms with Crippen LogP contribution in [0.1, 0.15) is 31.2 Å². The normalized spacial score (nSPS) is 13.1. The third-order valence-electron chi connectivity index (χ3n) is 2.04. The van der Waals surface area contributed by atoms with Crippen molar-refractivity contribution in [1.82, 2.24) is 9.78 Å². The molecule has 2 nitrogen and oxygen atoms in total. The number of hydrogen-bond donors (Lipinski definition) is 0. The molecule has 0 N–H and O–H groups in total. The fourth-order valence-electron chi connectivity index (χ4n) is 1.20. The van der Waals surface area contributed by atoms with Gasteiger partial charge in [0.05, 0.1) is 11.6 Å². The Kier molecular flexibility index (Phi) is 5.41. The van der Waals surface area contributed by atoms with Gasteiger partial charge in [-0.3, -0.25) is 4.68 Å². The van der Waals surface area contributed by atoms with Gasteiger partial charge in [-0.25, -0.2) is 0 Å². The lowest BCUT2D eigenvalue weighted by atomic mass is 10.2. The van der Waals surface area contributed by atoms with Crippen molar-refractivity contribution >= 4 is 23.4 Å². The molecule has 0 spiro atoms. The Morgan fingerprint density at radius 2 is 2.36 bits per heavy atom. The molecule has 1 atom stereocenters. The number of aromatic nitrogens is 2. The highest BCUT2D eigenvalue weighted by Gasteiger charge is 2.07. The molecule has 4 heteroatoms. The Morgan fingerprint density at radius 1 is 1.57 bits per heavy atom. The topological polar surface area (TPSA) is 17.8 Å². The maximum absolute atomic E-state index is 6.11. The van der Waals surface area contributed by atoms with Crippen LogP contribution < -0.4 is 0 Å². The number of aryl methyl sites for hydroxylation is 1. The molecule has 0 fully saturated rings. The van der Waals surface area contributed by atoms with Crippen LogP contribution in [-0.4, -0.2) is 21.3 Å². The first-order valence-corrected chi connectivity index (χ1v) is 6.61. The molecule has 0 aromatic carbocycles. The second-order valence-corrected chi connectivity index (χ2v) is 5.03. The maximum atomic E-state index is 6.11. The molecule has 0 radical (unpaired) electrons. The van der Waals surface area contributed by atoms with E-state index in [4.69, 9.17) is 11.6 Å². The molecule has 0 amide bonds. The van der Waals surface area contributed by atoms with Gasteiger partial charge < -0.3 is 0 Å². The highest BCUT2D eigenvalue weighted by molar-refractivity contribution is 7.99. The number of nitrogens with zero attached hydrogens (tertiary/aromatic N) is 2. The molecule has 80 valence electrons. The van der Waals surface area contributed by atoms with Gasteiger partial charge in [0.25, 0.3) is 0 Å². The molecule has 0 aliphatic heterocycles. The standard InChI is InChI=1S/C10H17ClN2S/c1-3-10(11)9-7-12-13(8-9)5-6-14-4-2/h7-8,10H,3-6H2,1-2H3. The molecule has 0 saturated heterocycles. The van der Waals surface area contributed by atoms with Crippen LogP contribution in [-0.2, 0) is 6.54 Å². The number of halogens is 1. The van der Waals surface area contributed by atoms with Crippen LogP contribution in [0.25, 0.3) is 0 Å². The Labute approximate surface area is 95.0 Å². The first kappa shape index (κ1) is 11.9. The van der Waals surface area contributed by atoms with Crippen molar-refractivity contribution in [3.63, 3.8) is 0 Å². The molecular formula is C10H17ClN2S. The molecule has 1 unspecified atom stereocenters. The van der Waals surface area contributed by atoms with E-state index in [1.807, 2.05) is 22.6 Å². The Morgan fingerprint density at radius 3 is 3.00 bits per heavy atom. The maximum Gasteiger partial charge on any atom is 0.0613 e. The first-order chi connectivity index (χ1) is 6.77. The molecule has 0 aliphatic carbocycles. The van der Waals surface area contributed by atoms with Gasteiger partial charge in [-0.1, -0.05) is 13.8 Å². The summed E-state index contributed by atoms with van der Waals surface area (Å²) < 4.78 is 1.98. The van der Waals surface area contributed by atoms with Crippen LogP contribution in [0.2, 0.25) is 0 Å². The molecule has 0 saturated carbocycles. The van der Waals surface area contributed by atoms with E-state index in [9.17, 15) is 0 Å². The van der Waals surface area contributed by atoms with Crippen molar-refractivity contribution in [3.8, 4) is 0 Å². The smallest absolute Gasteiger partial charge is 0.0613 e. The summed E-state index contributed by atoms with van der Waals surface area (Å²) in [7, 11) is 0.